The minimum atomic E-state index is -1.78. The summed E-state index contributed by atoms with van der Waals surface area (Å²) in [7, 11) is 0. The van der Waals surface area contributed by atoms with Crippen LogP contribution in [0.5, 0.6) is 0 Å². The molecule has 4 rings (SSSR count). The van der Waals surface area contributed by atoms with Crippen LogP contribution in [0.2, 0.25) is 0 Å². The van der Waals surface area contributed by atoms with Crippen molar-refractivity contribution >= 4 is 17.4 Å². The van der Waals surface area contributed by atoms with E-state index < -0.39 is 5.60 Å². The fraction of sp³-hybridized carbons (Fsp3) is 0.417. The first kappa shape index (κ1) is 18.9. The van der Waals surface area contributed by atoms with E-state index in [2.05, 4.69) is 6.92 Å². The van der Waals surface area contributed by atoms with Gasteiger partial charge < -0.3 is 10.0 Å². The standard InChI is InChI=1S/C24H27NO3/c1-2-3-14-25-21-11-7-6-10-20(21)24(28,23(25)27)16-22(26)19-13-12-17-8-4-5-9-18(17)15-19/h6-7,10-13,15,28H,2-5,8-9,14,16H2,1H3/t24-/m0/s1. The second-order valence-corrected chi connectivity index (χ2v) is 7.98. The molecular weight excluding hydrogens is 350 g/mol. The molecule has 1 heterocycles. The van der Waals surface area contributed by atoms with Crippen LogP contribution in [-0.2, 0) is 23.2 Å². The zero-order valence-corrected chi connectivity index (χ0v) is 16.4. The van der Waals surface area contributed by atoms with Gasteiger partial charge in [-0.2, -0.15) is 0 Å². The van der Waals surface area contributed by atoms with Crippen molar-refractivity contribution in [1.82, 2.24) is 0 Å². The fourth-order valence-electron chi connectivity index (χ4n) is 4.46. The first-order valence-electron chi connectivity index (χ1n) is 10.3. The van der Waals surface area contributed by atoms with Crippen molar-refractivity contribution in [1.29, 1.82) is 0 Å². The van der Waals surface area contributed by atoms with Gasteiger partial charge in [-0.15, -0.1) is 0 Å². The van der Waals surface area contributed by atoms with Crippen LogP contribution in [0.3, 0.4) is 0 Å². The lowest BCUT2D eigenvalue weighted by Gasteiger charge is -2.23. The van der Waals surface area contributed by atoms with E-state index in [-0.39, 0.29) is 18.1 Å². The van der Waals surface area contributed by atoms with Gasteiger partial charge in [0.25, 0.3) is 5.91 Å². The number of ketones is 1. The number of anilines is 1. The Balaban J connectivity index is 1.63. The Morgan fingerprint density at radius 3 is 2.64 bits per heavy atom. The molecule has 0 aromatic heterocycles. The fourth-order valence-corrected chi connectivity index (χ4v) is 4.46. The number of nitrogens with zero attached hydrogens (tertiary/aromatic N) is 1. The molecule has 0 unspecified atom stereocenters. The van der Waals surface area contributed by atoms with E-state index in [1.54, 1.807) is 11.0 Å². The van der Waals surface area contributed by atoms with Gasteiger partial charge in [0.2, 0.25) is 0 Å². The van der Waals surface area contributed by atoms with E-state index in [0.717, 1.165) is 37.8 Å². The summed E-state index contributed by atoms with van der Waals surface area (Å²) < 4.78 is 0. The van der Waals surface area contributed by atoms with Gasteiger partial charge in [0.15, 0.2) is 11.4 Å². The number of aliphatic hydroxyl groups is 1. The number of hydrogen-bond acceptors (Lipinski definition) is 3. The quantitative estimate of drug-likeness (QED) is 0.769. The highest BCUT2D eigenvalue weighted by Crippen LogP contribution is 2.43. The normalized spacial score (nSPS) is 20.8. The molecule has 1 aliphatic heterocycles. The van der Waals surface area contributed by atoms with E-state index in [1.807, 2.05) is 36.4 Å². The number of rotatable bonds is 6. The van der Waals surface area contributed by atoms with Gasteiger partial charge in [0, 0.05) is 17.7 Å². The molecule has 28 heavy (non-hydrogen) atoms. The Morgan fingerprint density at radius 1 is 1.11 bits per heavy atom. The summed E-state index contributed by atoms with van der Waals surface area (Å²) in [4.78, 5) is 27.8. The molecule has 0 spiro atoms. The number of benzene rings is 2. The largest absolute Gasteiger partial charge is 0.375 e. The molecular formula is C24H27NO3. The van der Waals surface area contributed by atoms with Crippen molar-refractivity contribution in [2.45, 2.75) is 57.5 Å². The molecule has 0 radical (unpaired) electrons. The third-order valence-electron chi connectivity index (χ3n) is 6.06. The van der Waals surface area contributed by atoms with Gasteiger partial charge in [-0.3, -0.25) is 9.59 Å². The Bertz CT molecular complexity index is 920. The minimum Gasteiger partial charge on any atom is -0.375 e. The van der Waals surface area contributed by atoms with Gasteiger partial charge in [0.1, 0.15) is 0 Å². The SMILES string of the molecule is CCCCN1C(=O)[C@](O)(CC(=O)c2ccc3c(c2)CCCC3)c2ccccc21. The summed E-state index contributed by atoms with van der Waals surface area (Å²) >= 11 is 0. The molecule has 2 aromatic rings. The summed E-state index contributed by atoms with van der Waals surface area (Å²) in [5.74, 6) is -0.565. The van der Waals surface area contributed by atoms with E-state index in [4.69, 9.17) is 0 Å². The van der Waals surface area contributed by atoms with E-state index in [0.29, 0.717) is 17.7 Å². The topological polar surface area (TPSA) is 57.6 Å². The van der Waals surface area contributed by atoms with E-state index in [9.17, 15) is 14.7 Å². The van der Waals surface area contributed by atoms with Crippen molar-refractivity contribution in [2.75, 3.05) is 11.4 Å². The zero-order chi connectivity index (χ0) is 19.7. The molecule has 0 bridgehead atoms. The van der Waals surface area contributed by atoms with Crippen LogP contribution in [-0.4, -0.2) is 23.3 Å². The molecule has 146 valence electrons. The molecule has 2 aliphatic rings. The summed E-state index contributed by atoms with van der Waals surface area (Å²) in [5.41, 5.74) is 2.62. The number of carbonyl (C=O) groups is 2. The lowest BCUT2D eigenvalue weighted by Crippen LogP contribution is -2.42. The van der Waals surface area contributed by atoms with Crippen molar-refractivity contribution in [3.05, 3.63) is 64.7 Å². The number of para-hydroxylation sites is 1. The van der Waals surface area contributed by atoms with Gasteiger partial charge in [-0.1, -0.05) is 43.7 Å². The molecule has 4 heteroatoms. The Hall–Kier alpha value is -2.46. The minimum absolute atomic E-state index is 0.184. The smallest absolute Gasteiger partial charge is 0.264 e. The highest BCUT2D eigenvalue weighted by molar-refractivity contribution is 6.10. The van der Waals surface area contributed by atoms with E-state index >= 15 is 0 Å². The highest BCUT2D eigenvalue weighted by Gasteiger charge is 2.50. The average Bonchev–Trinajstić information content (AvgIpc) is 2.93. The van der Waals surface area contributed by atoms with Crippen molar-refractivity contribution in [3.63, 3.8) is 0 Å². The summed E-state index contributed by atoms with van der Waals surface area (Å²) in [6.07, 6.45) is 5.99. The summed E-state index contributed by atoms with van der Waals surface area (Å²) in [5, 5.41) is 11.3. The number of fused-ring (bicyclic) bond motifs is 2. The molecule has 1 atom stereocenters. The zero-order valence-electron chi connectivity index (χ0n) is 16.4. The second-order valence-electron chi connectivity index (χ2n) is 7.98. The van der Waals surface area contributed by atoms with Gasteiger partial charge >= 0.3 is 0 Å². The summed E-state index contributed by atoms with van der Waals surface area (Å²) in [6, 6.07) is 13.1. The van der Waals surface area contributed by atoms with Crippen LogP contribution in [0.15, 0.2) is 42.5 Å². The predicted octanol–water partition coefficient (Wildman–Crippen LogP) is 4.17. The van der Waals surface area contributed by atoms with Crippen LogP contribution in [0.1, 0.15) is 66.1 Å². The Kier molecular flexibility index (Phi) is 5.07. The molecule has 1 N–H and O–H groups in total. The third kappa shape index (κ3) is 3.16. The maximum absolute atomic E-state index is 13.1. The van der Waals surface area contributed by atoms with Crippen LogP contribution >= 0.6 is 0 Å². The van der Waals surface area contributed by atoms with Crippen LogP contribution in [0.4, 0.5) is 5.69 Å². The maximum Gasteiger partial charge on any atom is 0.264 e. The first-order valence-corrected chi connectivity index (χ1v) is 10.3. The summed E-state index contributed by atoms with van der Waals surface area (Å²) in [6.45, 7) is 2.62. The molecule has 1 amide bonds. The van der Waals surface area contributed by atoms with Gasteiger partial charge in [-0.25, -0.2) is 0 Å². The Morgan fingerprint density at radius 2 is 1.86 bits per heavy atom. The predicted molar refractivity (Wildman–Crippen MR) is 110 cm³/mol. The molecule has 0 saturated carbocycles. The lowest BCUT2D eigenvalue weighted by molar-refractivity contribution is -0.135. The number of unbranched alkanes of at least 4 members (excludes halogenated alkanes) is 1. The van der Waals surface area contributed by atoms with Crippen LogP contribution in [0, 0.1) is 0 Å². The third-order valence-corrected chi connectivity index (χ3v) is 6.06. The number of aryl methyl sites for hydroxylation is 2. The molecule has 0 saturated heterocycles. The van der Waals surface area contributed by atoms with E-state index in [1.165, 1.54) is 17.5 Å². The second kappa shape index (κ2) is 7.51. The van der Waals surface area contributed by atoms with Gasteiger partial charge in [0.05, 0.1) is 12.1 Å². The average molecular weight is 377 g/mol. The first-order chi connectivity index (χ1) is 13.5. The maximum atomic E-state index is 13.1. The van der Waals surface area contributed by atoms with Crippen molar-refractivity contribution in [2.24, 2.45) is 0 Å². The number of amides is 1. The molecule has 2 aromatic carbocycles. The highest BCUT2D eigenvalue weighted by atomic mass is 16.3. The lowest BCUT2D eigenvalue weighted by atomic mass is 9.85. The van der Waals surface area contributed by atoms with Crippen LogP contribution < -0.4 is 4.90 Å². The molecule has 4 nitrogen and oxygen atoms in total. The number of carbonyl (C=O) groups excluding carboxylic acids is 2. The van der Waals surface area contributed by atoms with Crippen molar-refractivity contribution < 1.29 is 14.7 Å². The number of Topliss-reactive ketones (excluding diaryl/α,β-unsaturated/α-hetero) is 1. The molecule has 1 aliphatic carbocycles. The Labute approximate surface area is 166 Å². The monoisotopic (exact) mass is 377 g/mol. The van der Waals surface area contributed by atoms with Crippen LogP contribution in [0.25, 0.3) is 0 Å². The van der Waals surface area contributed by atoms with Gasteiger partial charge in [-0.05, 0) is 55.4 Å². The molecule has 0 fully saturated rings. The van der Waals surface area contributed by atoms with Crippen molar-refractivity contribution in [3.8, 4) is 0 Å². The number of hydrogen-bond donors (Lipinski definition) is 1.